The number of aryl methyl sites for hydroxylation is 1. The predicted molar refractivity (Wildman–Crippen MR) is 80.5 cm³/mol. The Kier molecular flexibility index (Phi) is 3.22. The lowest BCUT2D eigenvalue weighted by Gasteiger charge is -2.07. The van der Waals surface area contributed by atoms with Crippen LogP contribution >= 0.6 is 0 Å². The average molecular weight is 316 g/mol. The molecule has 0 saturated heterocycles. The van der Waals surface area contributed by atoms with E-state index in [-0.39, 0.29) is 16.0 Å². The van der Waals surface area contributed by atoms with Crippen molar-refractivity contribution in [3.05, 3.63) is 59.9 Å². The fourth-order valence-corrected chi connectivity index (χ4v) is 3.42. The third-order valence-corrected chi connectivity index (χ3v) is 5.02. The van der Waals surface area contributed by atoms with E-state index in [0.717, 1.165) is 9.54 Å². The largest absolute Gasteiger partial charge is 0.478 e. The molecule has 0 unspecified atom stereocenters. The van der Waals surface area contributed by atoms with Gasteiger partial charge in [0.15, 0.2) is 0 Å². The molecule has 0 atom stereocenters. The molecule has 0 aliphatic rings. The van der Waals surface area contributed by atoms with Gasteiger partial charge in [-0.25, -0.2) is 22.2 Å². The van der Waals surface area contributed by atoms with E-state index in [0.29, 0.717) is 5.52 Å². The molecule has 6 nitrogen and oxygen atoms in total. The van der Waals surface area contributed by atoms with Crippen molar-refractivity contribution in [2.24, 2.45) is 0 Å². The molecule has 3 rings (SSSR count). The van der Waals surface area contributed by atoms with Gasteiger partial charge in [0.25, 0.3) is 10.0 Å². The summed E-state index contributed by atoms with van der Waals surface area (Å²) < 4.78 is 26.4. The highest BCUT2D eigenvalue weighted by atomic mass is 32.2. The lowest BCUT2D eigenvalue weighted by molar-refractivity contribution is 0.0697. The molecule has 0 aliphatic carbocycles. The highest BCUT2D eigenvalue weighted by Crippen LogP contribution is 2.21. The zero-order valence-electron chi connectivity index (χ0n) is 11.6. The number of carbonyl (C=O) groups is 1. The van der Waals surface area contributed by atoms with E-state index in [9.17, 15) is 13.2 Å². The predicted octanol–water partition coefficient (Wildman–Crippen LogP) is 2.28. The number of hydrogen-bond donors (Lipinski definition) is 1. The van der Waals surface area contributed by atoms with Gasteiger partial charge in [-0.2, -0.15) is 0 Å². The van der Waals surface area contributed by atoms with E-state index in [1.165, 1.54) is 36.7 Å². The maximum absolute atomic E-state index is 12.7. The van der Waals surface area contributed by atoms with Crippen LogP contribution in [0.1, 0.15) is 15.9 Å². The molecule has 1 aromatic heterocycles. The topological polar surface area (TPSA) is 89.3 Å². The van der Waals surface area contributed by atoms with Crippen molar-refractivity contribution >= 4 is 27.0 Å². The van der Waals surface area contributed by atoms with Crippen LogP contribution in [0.25, 0.3) is 11.0 Å². The van der Waals surface area contributed by atoms with E-state index in [1.54, 1.807) is 12.1 Å². The van der Waals surface area contributed by atoms with E-state index < -0.39 is 16.0 Å². The van der Waals surface area contributed by atoms with Gasteiger partial charge in [-0.15, -0.1) is 0 Å². The molecular formula is C15H12N2O4S. The van der Waals surface area contributed by atoms with Crippen molar-refractivity contribution in [3.8, 4) is 0 Å². The number of imidazole rings is 1. The minimum absolute atomic E-state index is 0.00774. The van der Waals surface area contributed by atoms with Crippen molar-refractivity contribution in [1.29, 1.82) is 0 Å². The number of carboxylic acid groups (broad SMARTS) is 1. The van der Waals surface area contributed by atoms with Crippen molar-refractivity contribution in [1.82, 2.24) is 8.96 Å². The molecule has 112 valence electrons. The quantitative estimate of drug-likeness (QED) is 0.800. The van der Waals surface area contributed by atoms with Crippen LogP contribution in [0.2, 0.25) is 0 Å². The lowest BCUT2D eigenvalue weighted by Crippen LogP contribution is -2.12. The molecule has 0 fully saturated rings. The van der Waals surface area contributed by atoms with Crippen LogP contribution in [-0.4, -0.2) is 28.5 Å². The zero-order chi connectivity index (χ0) is 15.9. The summed E-state index contributed by atoms with van der Waals surface area (Å²) in [5.74, 6) is -1.12. The van der Waals surface area contributed by atoms with Crippen molar-refractivity contribution < 1.29 is 18.3 Å². The minimum atomic E-state index is -3.82. The molecule has 0 radical (unpaired) electrons. The number of nitrogens with zero attached hydrogens (tertiary/aromatic N) is 2. The van der Waals surface area contributed by atoms with Crippen LogP contribution in [0.15, 0.2) is 53.7 Å². The van der Waals surface area contributed by atoms with Gasteiger partial charge in [0.2, 0.25) is 0 Å². The Morgan fingerprint density at radius 1 is 1.14 bits per heavy atom. The first kappa shape index (κ1) is 14.3. The highest BCUT2D eigenvalue weighted by Gasteiger charge is 2.20. The Morgan fingerprint density at radius 2 is 1.82 bits per heavy atom. The monoisotopic (exact) mass is 316 g/mol. The van der Waals surface area contributed by atoms with E-state index in [2.05, 4.69) is 4.98 Å². The Bertz CT molecular complexity index is 972. The van der Waals surface area contributed by atoms with Gasteiger partial charge in [0.05, 0.1) is 21.5 Å². The van der Waals surface area contributed by atoms with Gasteiger partial charge in [-0.3, -0.25) is 0 Å². The molecule has 2 aromatic carbocycles. The van der Waals surface area contributed by atoms with Gasteiger partial charge < -0.3 is 5.11 Å². The van der Waals surface area contributed by atoms with Crippen LogP contribution in [-0.2, 0) is 10.0 Å². The number of benzene rings is 2. The Balaban J connectivity index is 2.22. The first-order valence-electron chi connectivity index (χ1n) is 6.42. The van der Waals surface area contributed by atoms with E-state index in [1.807, 2.05) is 6.92 Å². The third-order valence-electron chi connectivity index (χ3n) is 3.34. The summed E-state index contributed by atoms with van der Waals surface area (Å²) in [6.45, 7) is 1.86. The van der Waals surface area contributed by atoms with Crippen LogP contribution in [0.4, 0.5) is 0 Å². The summed E-state index contributed by atoms with van der Waals surface area (Å²) in [4.78, 5) is 15.2. The summed E-state index contributed by atoms with van der Waals surface area (Å²) in [5.41, 5.74) is 1.61. The molecule has 0 bridgehead atoms. The molecule has 1 heterocycles. The molecule has 0 amide bonds. The smallest absolute Gasteiger partial charge is 0.335 e. The third kappa shape index (κ3) is 2.25. The van der Waals surface area contributed by atoms with Gasteiger partial charge in [-0.05, 0) is 37.3 Å². The molecular weight excluding hydrogens is 304 g/mol. The van der Waals surface area contributed by atoms with Gasteiger partial charge in [0.1, 0.15) is 6.33 Å². The first-order chi connectivity index (χ1) is 10.4. The Hall–Kier alpha value is -2.67. The molecule has 0 spiro atoms. The van der Waals surface area contributed by atoms with Crippen molar-refractivity contribution in [2.75, 3.05) is 0 Å². The second-order valence-electron chi connectivity index (χ2n) is 4.87. The van der Waals surface area contributed by atoms with Gasteiger partial charge >= 0.3 is 5.97 Å². The standard InChI is InChI=1S/C15H12N2O4S/c1-10-2-5-12(6-3-10)22(20,21)17-9-16-13-7-4-11(15(18)19)8-14(13)17/h2-9H,1H3,(H,18,19). The van der Waals surface area contributed by atoms with E-state index >= 15 is 0 Å². The SMILES string of the molecule is Cc1ccc(S(=O)(=O)n2cnc3ccc(C(=O)O)cc32)cc1. The second-order valence-corrected chi connectivity index (χ2v) is 6.68. The maximum atomic E-state index is 12.7. The van der Waals surface area contributed by atoms with Gasteiger partial charge in [-0.1, -0.05) is 17.7 Å². The lowest BCUT2D eigenvalue weighted by atomic mass is 10.2. The summed E-state index contributed by atoms with van der Waals surface area (Å²) >= 11 is 0. The number of hydrogen-bond acceptors (Lipinski definition) is 4. The van der Waals surface area contributed by atoms with Crippen LogP contribution in [0, 0.1) is 6.92 Å². The molecule has 7 heteroatoms. The summed E-state index contributed by atoms with van der Waals surface area (Å²) in [5, 5.41) is 9.04. The minimum Gasteiger partial charge on any atom is -0.478 e. The number of rotatable bonds is 3. The van der Waals surface area contributed by atoms with Gasteiger partial charge in [0, 0.05) is 0 Å². The number of fused-ring (bicyclic) bond motifs is 1. The summed E-state index contributed by atoms with van der Waals surface area (Å²) in [7, 11) is -3.82. The molecule has 3 aromatic rings. The van der Waals surface area contributed by atoms with Crippen LogP contribution < -0.4 is 0 Å². The normalized spacial score (nSPS) is 11.7. The maximum Gasteiger partial charge on any atom is 0.335 e. The van der Waals surface area contributed by atoms with E-state index in [4.69, 9.17) is 5.11 Å². The Labute approximate surface area is 126 Å². The number of aromatic nitrogens is 2. The Morgan fingerprint density at radius 3 is 2.45 bits per heavy atom. The highest BCUT2D eigenvalue weighted by molar-refractivity contribution is 7.90. The molecule has 0 saturated carbocycles. The fourth-order valence-electron chi connectivity index (χ4n) is 2.13. The van der Waals surface area contributed by atoms with Crippen LogP contribution in [0.5, 0.6) is 0 Å². The summed E-state index contributed by atoms with van der Waals surface area (Å²) in [6, 6.07) is 10.6. The number of aromatic carboxylic acids is 1. The van der Waals surface area contributed by atoms with Crippen LogP contribution in [0.3, 0.4) is 0 Å². The molecule has 1 N–H and O–H groups in total. The van der Waals surface area contributed by atoms with Crippen molar-refractivity contribution in [3.63, 3.8) is 0 Å². The average Bonchev–Trinajstić information content (AvgIpc) is 2.91. The zero-order valence-corrected chi connectivity index (χ0v) is 12.4. The first-order valence-corrected chi connectivity index (χ1v) is 7.86. The second kappa shape index (κ2) is 4.96. The fraction of sp³-hybridized carbons (Fsp3) is 0.0667. The molecule has 22 heavy (non-hydrogen) atoms. The van der Waals surface area contributed by atoms with Crippen molar-refractivity contribution in [2.45, 2.75) is 11.8 Å². The summed E-state index contributed by atoms with van der Waals surface area (Å²) in [6.07, 6.45) is 1.19. The number of carboxylic acids is 1. The molecule has 0 aliphatic heterocycles.